The van der Waals surface area contributed by atoms with Crippen LogP contribution in [0.1, 0.15) is 35.6 Å². The fourth-order valence-electron chi connectivity index (χ4n) is 5.18. The average Bonchev–Trinajstić information content (AvgIpc) is 3.52. The molecule has 0 saturated carbocycles. The number of piperidine rings is 1. The molecule has 1 aromatic carbocycles. The molecule has 38 heavy (non-hydrogen) atoms. The van der Waals surface area contributed by atoms with Crippen LogP contribution in [0.15, 0.2) is 52.3 Å². The molecule has 0 N–H and O–H groups in total. The maximum absolute atomic E-state index is 12.9. The number of nitrogens with zero attached hydrogens (tertiary/aromatic N) is 6. The zero-order chi connectivity index (χ0) is 26.7. The van der Waals surface area contributed by atoms with Crippen molar-refractivity contribution in [2.75, 3.05) is 35.7 Å². The molecule has 0 bridgehead atoms. The van der Waals surface area contributed by atoms with Crippen LogP contribution in [0.5, 0.6) is 0 Å². The molecule has 5 heterocycles. The van der Waals surface area contributed by atoms with E-state index in [1.807, 2.05) is 9.80 Å². The van der Waals surface area contributed by atoms with Crippen LogP contribution in [0.4, 0.5) is 30.5 Å². The van der Waals surface area contributed by atoms with Crippen LogP contribution in [-0.2, 0) is 22.4 Å². The molecular formula is C25H23F3N6O3S. The second-order valence-electron chi connectivity index (χ2n) is 9.57. The number of aromatic nitrogens is 4. The molecule has 0 unspecified atom stereocenters. The number of benzene rings is 1. The van der Waals surface area contributed by atoms with Gasteiger partial charge in [0.1, 0.15) is 23.4 Å². The molecule has 198 valence electrons. The Morgan fingerprint density at radius 3 is 2.50 bits per heavy atom. The molecule has 0 spiro atoms. The second kappa shape index (κ2) is 8.93. The largest absolute Gasteiger partial charge is 0.417 e. The minimum absolute atomic E-state index is 0.0629. The molecule has 0 amide bonds. The van der Waals surface area contributed by atoms with Crippen molar-refractivity contribution < 1.29 is 26.1 Å². The third-order valence-corrected chi connectivity index (χ3v) is 8.28. The van der Waals surface area contributed by atoms with Crippen molar-refractivity contribution in [3.8, 4) is 0 Å². The zero-order valence-corrected chi connectivity index (χ0v) is 21.1. The Kier molecular flexibility index (Phi) is 5.78. The Morgan fingerprint density at radius 2 is 1.82 bits per heavy atom. The second-order valence-corrected chi connectivity index (χ2v) is 11.6. The first-order valence-electron chi connectivity index (χ1n) is 12.1. The zero-order valence-electron chi connectivity index (χ0n) is 20.3. The highest BCUT2D eigenvalue weighted by atomic mass is 32.2. The normalized spacial score (nSPS) is 16.8. The molecule has 1 fully saturated rings. The Balaban J connectivity index is 1.22. The van der Waals surface area contributed by atoms with Crippen molar-refractivity contribution in [1.29, 1.82) is 0 Å². The summed E-state index contributed by atoms with van der Waals surface area (Å²) in [7, 11) is -3.31. The Morgan fingerprint density at radius 1 is 1.03 bits per heavy atom. The van der Waals surface area contributed by atoms with E-state index in [1.54, 1.807) is 18.2 Å². The van der Waals surface area contributed by atoms with Crippen molar-refractivity contribution in [2.24, 2.45) is 0 Å². The molecule has 2 aliphatic heterocycles. The topological polar surface area (TPSA) is 105 Å². The molecule has 0 radical (unpaired) electrons. The lowest BCUT2D eigenvalue weighted by Crippen LogP contribution is -2.33. The standard InChI is InChI=1S/C25H23F3N6O3S/c1-38(35,36)18-3-4-19-16(12-18)8-11-34(19)24-23-22(30-14-31-24)21(32-37-23)15-6-9-33(10-7-15)20-5-2-17(13-29-20)25(26,27)28/h2-5,12-15H,6-11H2,1H3. The number of halogens is 3. The summed E-state index contributed by atoms with van der Waals surface area (Å²) in [6.07, 6.45) is 1.21. The number of hydrogen-bond acceptors (Lipinski definition) is 9. The molecule has 13 heteroatoms. The molecule has 1 saturated heterocycles. The Bertz CT molecular complexity index is 1610. The van der Waals surface area contributed by atoms with Gasteiger partial charge in [0.2, 0.25) is 5.58 Å². The maximum atomic E-state index is 12.9. The minimum atomic E-state index is -4.41. The fraction of sp³-hybridized carbons (Fsp3) is 0.360. The van der Waals surface area contributed by atoms with E-state index in [0.717, 1.165) is 29.2 Å². The number of anilines is 3. The van der Waals surface area contributed by atoms with Gasteiger partial charge >= 0.3 is 6.18 Å². The lowest BCUT2D eigenvalue weighted by atomic mass is 9.93. The number of alkyl halides is 3. The summed E-state index contributed by atoms with van der Waals surface area (Å²) >= 11 is 0. The third-order valence-electron chi connectivity index (χ3n) is 7.17. The molecule has 3 aromatic heterocycles. The summed E-state index contributed by atoms with van der Waals surface area (Å²) in [4.78, 5) is 17.2. The van der Waals surface area contributed by atoms with Gasteiger partial charge in [-0.05, 0) is 55.2 Å². The van der Waals surface area contributed by atoms with E-state index in [0.29, 0.717) is 61.6 Å². The predicted molar refractivity (Wildman–Crippen MR) is 133 cm³/mol. The predicted octanol–water partition coefficient (Wildman–Crippen LogP) is 4.51. The van der Waals surface area contributed by atoms with Crippen LogP contribution in [0, 0.1) is 0 Å². The number of rotatable bonds is 4. The highest BCUT2D eigenvalue weighted by molar-refractivity contribution is 7.90. The molecule has 0 aliphatic carbocycles. The smallest absolute Gasteiger partial charge is 0.357 e. The van der Waals surface area contributed by atoms with Crippen LogP contribution in [-0.4, -0.2) is 54.4 Å². The van der Waals surface area contributed by atoms with Gasteiger partial charge < -0.3 is 14.3 Å². The lowest BCUT2D eigenvalue weighted by Gasteiger charge is -2.32. The number of fused-ring (bicyclic) bond motifs is 2. The Labute approximate surface area is 216 Å². The van der Waals surface area contributed by atoms with Crippen LogP contribution in [0.3, 0.4) is 0 Å². The van der Waals surface area contributed by atoms with Crippen molar-refractivity contribution >= 4 is 38.3 Å². The molecular weight excluding hydrogens is 521 g/mol. The molecule has 4 aromatic rings. The molecule has 2 aliphatic rings. The van der Waals surface area contributed by atoms with Crippen molar-refractivity contribution in [3.05, 3.63) is 59.7 Å². The average molecular weight is 545 g/mol. The van der Waals surface area contributed by atoms with Crippen LogP contribution >= 0.6 is 0 Å². The highest BCUT2D eigenvalue weighted by Gasteiger charge is 2.32. The van der Waals surface area contributed by atoms with E-state index in [9.17, 15) is 21.6 Å². The molecule has 6 rings (SSSR count). The first-order valence-corrected chi connectivity index (χ1v) is 14.0. The van der Waals surface area contributed by atoms with Gasteiger partial charge in [-0.3, -0.25) is 0 Å². The van der Waals surface area contributed by atoms with Gasteiger partial charge in [0.05, 0.1) is 10.5 Å². The van der Waals surface area contributed by atoms with E-state index >= 15 is 0 Å². The number of pyridine rings is 1. The van der Waals surface area contributed by atoms with Crippen molar-refractivity contribution in [3.63, 3.8) is 0 Å². The number of sulfone groups is 1. The first kappa shape index (κ1) is 24.6. The van der Waals surface area contributed by atoms with Gasteiger partial charge in [0, 0.05) is 43.7 Å². The first-order chi connectivity index (χ1) is 18.1. The monoisotopic (exact) mass is 544 g/mol. The van der Waals surface area contributed by atoms with Crippen LogP contribution in [0.2, 0.25) is 0 Å². The van der Waals surface area contributed by atoms with Gasteiger partial charge in [0.15, 0.2) is 15.7 Å². The SMILES string of the molecule is CS(=O)(=O)c1ccc2c(c1)CCN2c1ncnc2c(C3CCN(c4ccc(C(F)(F)F)cn4)CC3)noc12. The summed E-state index contributed by atoms with van der Waals surface area (Å²) in [6, 6.07) is 7.54. The fourth-order valence-corrected chi connectivity index (χ4v) is 5.85. The van der Waals surface area contributed by atoms with E-state index in [-0.39, 0.29) is 10.8 Å². The lowest BCUT2D eigenvalue weighted by molar-refractivity contribution is -0.137. The van der Waals surface area contributed by atoms with Gasteiger partial charge in [-0.25, -0.2) is 23.4 Å². The van der Waals surface area contributed by atoms with E-state index in [1.165, 1.54) is 18.6 Å². The van der Waals surface area contributed by atoms with Gasteiger partial charge in [0.25, 0.3) is 0 Å². The van der Waals surface area contributed by atoms with Crippen molar-refractivity contribution in [2.45, 2.75) is 36.3 Å². The number of hydrogen-bond donors (Lipinski definition) is 0. The van der Waals surface area contributed by atoms with E-state index in [4.69, 9.17) is 4.52 Å². The summed E-state index contributed by atoms with van der Waals surface area (Å²) < 4.78 is 68.2. The van der Waals surface area contributed by atoms with Crippen LogP contribution < -0.4 is 9.80 Å². The van der Waals surface area contributed by atoms with Gasteiger partial charge in [-0.2, -0.15) is 13.2 Å². The highest BCUT2D eigenvalue weighted by Crippen LogP contribution is 2.40. The van der Waals surface area contributed by atoms with E-state index < -0.39 is 21.6 Å². The van der Waals surface area contributed by atoms with Crippen LogP contribution in [0.25, 0.3) is 11.1 Å². The van der Waals surface area contributed by atoms with Crippen molar-refractivity contribution in [1.82, 2.24) is 20.1 Å². The maximum Gasteiger partial charge on any atom is 0.417 e. The summed E-state index contributed by atoms with van der Waals surface area (Å²) in [6.45, 7) is 1.83. The summed E-state index contributed by atoms with van der Waals surface area (Å²) in [5, 5.41) is 4.35. The minimum Gasteiger partial charge on any atom is -0.357 e. The third kappa shape index (κ3) is 4.34. The quantitative estimate of drug-likeness (QED) is 0.367. The molecule has 0 atom stereocenters. The van der Waals surface area contributed by atoms with Gasteiger partial charge in [-0.15, -0.1) is 0 Å². The Hall–Kier alpha value is -3.74. The molecule has 9 nitrogen and oxygen atoms in total. The van der Waals surface area contributed by atoms with E-state index in [2.05, 4.69) is 20.1 Å². The summed E-state index contributed by atoms with van der Waals surface area (Å²) in [5.41, 5.74) is 2.85. The summed E-state index contributed by atoms with van der Waals surface area (Å²) in [5.74, 6) is 1.15. The van der Waals surface area contributed by atoms with Gasteiger partial charge in [-0.1, -0.05) is 5.16 Å².